The Kier molecular flexibility index (Phi) is 3.98. The van der Waals surface area contributed by atoms with Gasteiger partial charge in [0.25, 0.3) is 5.91 Å². The van der Waals surface area contributed by atoms with Crippen LogP contribution in [0.3, 0.4) is 0 Å². The van der Waals surface area contributed by atoms with Crippen LogP contribution in [0.2, 0.25) is 0 Å². The Morgan fingerprint density at radius 3 is 2.80 bits per heavy atom. The van der Waals surface area contributed by atoms with Crippen LogP contribution in [-0.2, 0) is 13.2 Å². The third-order valence-corrected chi connectivity index (χ3v) is 5.04. The Hall–Kier alpha value is -2.37. The molecular formula is C19H22FN3O2. The third kappa shape index (κ3) is 3.38. The number of halogens is 1. The maximum Gasteiger partial charge on any atom is 0.272 e. The van der Waals surface area contributed by atoms with Crippen LogP contribution in [-0.4, -0.2) is 39.3 Å². The number of amides is 1. The lowest BCUT2D eigenvalue weighted by Gasteiger charge is -2.20. The molecule has 25 heavy (non-hydrogen) atoms. The van der Waals surface area contributed by atoms with E-state index in [-0.39, 0.29) is 11.8 Å². The fourth-order valence-corrected chi connectivity index (χ4v) is 3.35. The molecule has 2 aliphatic rings. The second kappa shape index (κ2) is 6.17. The quantitative estimate of drug-likeness (QED) is 0.838. The topological polar surface area (TPSA) is 47.4 Å². The normalized spacial score (nSPS) is 25.4. The number of alkyl halides is 1. The van der Waals surface area contributed by atoms with E-state index in [0.717, 1.165) is 17.9 Å². The molecule has 2 heterocycles. The van der Waals surface area contributed by atoms with E-state index in [9.17, 15) is 9.18 Å². The van der Waals surface area contributed by atoms with Gasteiger partial charge in [-0.3, -0.25) is 9.48 Å². The maximum atomic E-state index is 13.8. The number of aryl methyl sites for hydroxylation is 1. The number of nitrogens with zero attached hydrogens (tertiary/aromatic N) is 3. The molecule has 0 bridgehead atoms. The molecule has 1 fully saturated rings. The van der Waals surface area contributed by atoms with Crippen molar-refractivity contribution in [3.63, 3.8) is 0 Å². The molecule has 1 aromatic heterocycles. The van der Waals surface area contributed by atoms with Crippen LogP contribution in [0.4, 0.5) is 4.39 Å². The van der Waals surface area contributed by atoms with E-state index in [0.29, 0.717) is 38.4 Å². The van der Waals surface area contributed by atoms with Gasteiger partial charge in [-0.15, -0.1) is 0 Å². The number of hydrogen-bond acceptors (Lipinski definition) is 3. The zero-order valence-electron chi connectivity index (χ0n) is 14.3. The van der Waals surface area contributed by atoms with E-state index < -0.39 is 5.67 Å². The van der Waals surface area contributed by atoms with Crippen LogP contribution in [0.5, 0.6) is 5.75 Å². The molecule has 0 spiro atoms. The van der Waals surface area contributed by atoms with Gasteiger partial charge in [0.05, 0.1) is 0 Å². The second-order valence-electron chi connectivity index (χ2n) is 7.13. The molecule has 1 aromatic carbocycles. The molecule has 1 saturated carbocycles. The molecular weight excluding hydrogens is 321 g/mol. The molecule has 5 nitrogen and oxygen atoms in total. The lowest BCUT2D eigenvalue weighted by molar-refractivity contribution is 0.0740. The zero-order valence-corrected chi connectivity index (χ0v) is 14.3. The summed E-state index contributed by atoms with van der Waals surface area (Å²) >= 11 is 0. The Morgan fingerprint density at radius 2 is 2.08 bits per heavy atom. The lowest BCUT2D eigenvalue weighted by Crippen LogP contribution is -2.34. The number of benzene rings is 1. The highest BCUT2D eigenvalue weighted by atomic mass is 19.1. The zero-order chi connectivity index (χ0) is 17.4. The lowest BCUT2D eigenvalue weighted by atomic mass is 10.2. The minimum Gasteiger partial charge on any atom is -0.487 e. The van der Waals surface area contributed by atoms with Gasteiger partial charge in [0.2, 0.25) is 0 Å². The van der Waals surface area contributed by atoms with E-state index in [1.165, 1.54) is 0 Å². The molecule has 1 aliphatic heterocycles. The third-order valence-electron chi connectivity index (χ3n) is 5.04. The molecule has 1 aliphatic carbocycles. The predicted octanol–water partition coefficient (Wildman–Crippen LogP) is 3.06. The van der Waals surface area contributed by atoms with Gasteiger partial charge in [0.15, 0.2) is 0 Å². The van der Waals surface area contributed by atoms with Crippen molar-refractivity contribution < 1.29 is 13.9 Å². The Morgan fingerprint density at radius 1 is 1.32 bits per heavy atom. The smallest absolute Gasteiger partial charge is 0.272 e. The van der Waals surface area contributed by atoms with Gasteiger partial charge in [-0.25, -0.2) is 4.39 Å². The van der Waals surface area contributed by atoms with Gasteiger partial charge in [-0.05, 0) is 38.0 Å². The summed E-state index contributed by atoms with van der Waals surface area (Å²) in [5, 5.41) is 4.50. The highest BCUT2D eigenvalue weighted by Crippen LogP contribution is 2.47. The fraction of sp³-hybridized carbons (Fsp3) is 0.474. The number of para-hydroxylation sites is 1. The number of hydrogen-bond donors (Lipinski definition) is 0. The molecule has 2 aromatic rings. The summed E-state index contributed by atoms with van der Waals surface area (Å²) in [5.41, 5.74) is 0.197. The second-order valence-corrected chi connectivity index (χ2v) is 7.13. The Balaban J connectivity index is 1.45. The summed E-state index contributed by atoms with van der Waals surface area (Å²) in [6.45, 7) is 3.78. The van der Waals surface area contributed by atoms with Crippen molar-refractivity contribution in [2.45, 2.75) is 38.6 Å². The van der Waals surface area contributed by atoms with Crippen molar-refractivity contribution in [1.82, 2.24) is 14.7 Å². The summed E-state index contributed by atoms with van der Waals surface area (Å²) < 4.78 is 21.3. The van der Waals surface area contributed by atoms with Crippen molar-refractivity contribution in [3.8, 4) is 5.75 Å². The maximum absolute atomic E-state index is 13.8. The van der Waals surface area contributed by atoms with Gasteiger partial charge < -0.3 is 9.64 Å². The van der Waals surface area contributed by atoms with Crippen LogP contribution in [0, 0.1) is 5.92 Å². The molecule has 2 unspecified atom stereocenters. The van der Waals surface area contributed by atoms with Crippen molar-refractivity contribution in [1.29, 1.82) is 0 Å². The van der Waals surface area contributed by atoms with Crippen LogP contribution in [0.15, 0.2) is 36.4 Å². The largest absolute Gasteiger partial charge is 0.487 e. The summed E-state index contributed by atoms with van der Waals surface area (Å²) in [6, 6.07) is 11.3. The van der Waals surface area contributed by atoms with Crippen molar-refractivity contribution in [3.05, 3.63) is 47.8 Å². The number of ether oxygens (including phenoxy) is 1. The Bertz CT molecular complexity index is 772. The highest BCUT2D eigenvalue weighted by molar-refractivity contribution is 5.93. The van der Waals surface area contributed by atoms with E-state index in [2.05, 4.69) is 5.10 Å². The first-order valence-corrected chi connectivity index (χ1v) is 8.76. The summed E-state index contributed by atoms with van der Waals surface area (Å²) in [7, 11) is 0. The molecule has 0 saturated heterocycles. The molecule has 0 radical (unpaired) electrons. The molecule has 6 heteroatoms. The van der Waals surface area contributed by atoms with Gasteiger partial charge >= 0.3 is 0 Å². The molecule has 0 N–H and O–H groups in total. The summed E-state index contributed by atoms with van der Waals surface area (Å²) in [4.78, 5) is 14.6. The first-order chi connectivity index (χ1) is 12.0. The summed E-state index contributed by atoms with van der Waals surface area (Å²) in [6.07, 6.45) is 1.38. The minimum atomic E-state index is -1.11. The number of fused-ring (bicyclic) bond motifs is 1. The van der Waals surface area contributed by atoms with Gasteiger partial charge in [0.1, 0.15) is 29.4 Å². The monoisotopic (exact) mass is 343 g/mol. The van der Waals surface area contributed by atoms with Gasteiger partial charge in [-0.2, -0.15) is 5.10 Å². The number of carbonyl (C=O) groups excluding carboxylic acids is 1. The van der Waals surface area contributed by atoms with E-state index in [1.807, 2.05) is 30.3 Å². The average molecular weight is 343 g/mol. The Labute approximate surface area is 146 Å². The molecule has 132 valence electrons. The first kappa shape index (κ1) is 16.1. The number of aromatic nitrogens is 2. The van der Waals surface area contributed by atoms with Gasteiger partial charge in [-0.1, -0.05) is 18.2 Å². The van der Waals surface area contributed by atoms with Crippen molar-refractivity contribution in [2.75, 3.05) is 13.1 Å². The van der Waals surface area contributed by atoms with E-state index in [1.54, 1.807) is 22.6 Å². The number of rotatable bonds is 5. The molecule has 2 atom stereocenters. The first-order valence-electron chi connectivity index (χ1n) is 8.76. The van der Waals surface area contributed by atoms with Crippen LogP contribution >= 0.6 is 0 Å². The SMILES string of the molecule is CC1(F)CC1CN1CCCn2nc(COc3ccccc3)cc2C1=O. The predicted molar refractivity (Wildman–Crippen MR) is 91.1 cm³/mol. The van der Waals surface area contributed by atoms with Crippen molar-refractivity contribution >= 4 is 5.91 Å². The van der Waals surface area contributed by atoms with Crippen LogP contribution in [0.25, 0.3) is 0 Å². The summed E-state index contributed by atoms with van der Waals surface area (Å²) in [5.74, 6) is 0.681. The molecule has 4 rings (SSSR count). The standard InChI is InChI=1S/C19H22FN3O2/c1-19(20)11-14(19)12-22-8-5-9-23-17(18(22)24)10-15(21-23)13-25-16-6-3-2-4-7-16/h2-4,6-7,10,14H,5,8-9,11-13H2,1H3. The number of carbonyl (C=O) groups is 1. The average Bonchev–Trinajstić information content (AvgIpc) is 3.05. The van der Waals surface area contributed by atoms with Gasteiger partial charge in [0, 0.05) is 25.6 Å². The fourth-order valence-electron chi connectivity index (χ4n) is 3.35. The molecule has 1 amide bonds. The van der Waals surface area contributed by atoms with Crippen LogP contribution in [0.1, 0.15) is 35.9 Å². The van der Waals surface area contributed by atoms with Crippen LogP contribution < -0.4 is 4.74 Å². The van der Waals surface area contributed by atoms with Crippen molar-refractivity contribution in [2.24, 2.45) is 5.92 Å². The highest BCUT2D eigenvalue weighted by Gasteiger charge is 2.52. The minimum absolute atomic E-state index is 0.0354. The van der Waals surface area contributed by atoms with E-state index >= 15 is 0 Å². The van der Waals surface area contributed by atoms with E-state index in [4.69, 9.17) is 4.74 Å².